The summed E-state index contributed by atoms with van der Waals surface area (Å²) < 4.78 is 1.15. The summed E-state index contributed by atoms with van der Waals surface area (Å²) in [7, 11) is 0. The van der Waals surface area contributed by atoms with E-state index >= 15 is 0 Å². The fourth-order valence-electron chi connectivity index (χ4n) is 4.40. The number of fused-ring (bicyclic) bond motifs is 4. The standard InChI is InChI=1S/C14H19N.C9H6N2S2.C3H8/c1-2-4-12(5-3-1)10-14-11-15-8-6-13(14)7-9-15;1-6-11-9-7(12-5-10)3-2-4-8(9)13-6;1-3-2/h1-5,13-14H,6-11H2;2-4H,1H3;3H2,1-2H3/t14-;;/m0../s1. The van der Waals surface area contributed by atoms with Gasteiger partial charge in [0.2, 0.25) is 0 Å². The number of para-hydroxylation sites is 1. The van der Waals surface area contributed by atoms with Crippen molar-refractivity contribution in [3.8, 4) is 5.40 Å². The van der Waals surface area contributed by atoms with Crippen molar-refractivity contribution < 1.29 is 0 Å². The molecule has 0 saturated carbocycles. The van der Waals surface area contributed by atoms with Crippen molar-refractivity contribution in [2.45, 2.75) is 51.3 Å². The van der Waals surface area contributed by atoms with E-state index in [-0.39, 0.29) is 0 Å². The Morgan fingerprint density at radius 3 is 2.42 bits per heavy atom. The van der Waals surface area contributed by atoms with Gasteiger partial charge in [0, 0.05) is 11.4 Å². The Hall–Kier alpha value is -1.87. The quantitative estimate of drug-likeness (QED) is 0.313. The van der Waals surface area contributed by atoms with Crippen LogP contribution in [0.5, 0.6) is 0 Å². The highest BCUT2D eigenvalue weighted by Gasteiger charge is 2.33. The van der Waals surface area contributed by atoms with Crippen molar-refractivity contribution in [3.05, 3.63) is 59.1 Å². The minimum absolute atomic E-state index is 0.926. The number of nitriles is 1. The number of aromatic nitrogens is 1. The molecule has 2 aromatic carbocycles. The van der Waals surface area contributed by atoms with Crippen molar-refractivity contribution in [1.82, 2.24) is 9.88 Å². The third-order valence-corrected chi connectivity index (χ3v) is 7.35. The van der Waals surface area contributed by atoms with Gasteiger partial charge < -0.3 is 4.90 Å². The first kappa shape index (κ1) is 23.8. The highest BCUT2D eigenvalue weighted by atomic mass is 32.2. The minimum Gasteiger partial charge on any atom is -0.303 e. The Kier molecular flexibility index (Phi) is 9.39. The molecule has 4 heterocycles. The molecule has 3 saturated heterocycles. The Morgan fingerprint density at radius 1 is 1.10 bits per heavy atom. The number of hydrogen-bond donors (Lipinski definition) is 0. The largest absolute Gasteiger partial charge is 0.303 e. The zero-order valence-electron chi connectivity index (χ0n) is 18.9. The number of aryl methyl sites for hydroxylation is 1. The SMILES string of the molecule is CCC.Cc1nc2c(SC#N)cccc2s1.c1ccc(C[C@H]2CN3CCC2CC3)cc1. The van der Waals surface area contributed by atoms with Crippen LogP contribution in [0.2, 0.25) is 0 Å². The van der Waals surface area contributed by atoms with E-state index < -0.39 is 0 Å². The Morgan fingerprint density at radius 2 is 1.81 bits per heavy atom. The van der Waals surface area contributed by atoms with Crippen LogP contribution in [0.1, 0.15) is 43.7 Å². The van der Waals surface area contributed by atoms with Crippen LogP contribution < -0.4 is 0 Å². The van der Waals surface area contributed by atoms with Gasteiger partial charge in [0.25, 0.3) is 0 Å². The van der Waals surface area contributed by atoms with Gasteiger partial charge in [0.1, 0.15) is 5.40 Å². The molecule has 0 aliphatic carbocycles. The first-order valence-electron chi connectivity index (χ1n) is 11.3. The van der Waals surface area contributed by atoms with Crippen LogP contribution in [0.4, 0.5) is 0 Å². The molecule has 2 bridgehead atoms. The number of rotatable bonds is 3. The van der Waals surface area contributed by atoms with E-state index in [4.69, 9.17) is 5.26 Å². The molecule has 3 aliphatic rings. The number of thiocyanates is 1. The molecule has 164 valence electrons. The number of hydrogen-bond acceptors (Lipinski definition) is 5. The summed E-state index contributed by atoms with van der Waals surface area (Å²) in [6, 6.07) is 16.9. The lowest BCUT2D eigenvalue weighted by molar-refractivity contribution is 0.0512. The smallest absolute Gasteiger partial charge is 0.138 e. The predicted octanol–water partition coefficient (Wildman–Crippen LogP) is 7.17. The van der Waals surface area contributed by atoms with Crippen LogP contribution in [0, 0.1) is 29.4 Å². The van der Waals surface area contributed by atoms with Gasteiger partial charge in [-0.15, -0.1) is 11.3 Å². The topological polar surface area (TPSA) is 39.9 Å². The molecule has 1 atom stereocenters. The second-order valence-corrected chi connectivity index (χ2v) is 10.4. The highest BCUT2D eigenvalue weighted by molar-refractivity contribution is 8.04. The lowest BCUT2D eigenvalue weighted by atomic mass is 9.76. The Labute approximate surface area is 195 Å². The van der Waals surface area contributed by atoms with Crippen molar-refractivity contribution in [1.29, 1.82) is 5.26 Å². The monoisotopic (exact) mass is 451 g/mol. The molecule has 0 amide bonds. The van der Waals surface area contributed by atoms with E-state index in [1.165, 1.54) is 62.6 Å². The van der Waals surface area contributed by atoms with Gasteiger partial charge in [-0.1, -0.05) is 56.7 Å². The summed E-state index contributed by atoms with van der Waals surface area (Å²) in [6.45, 7) is 10.3. The molecule has 0 spiro atoms. The third kappa shape index (κ3) is 6.80. The van der Waals surface area contributed by atoms with E-state index in [1.54, 1.807) is 11.3 Å². The van der Waals surface area contributed by atoms with E-state index in [9.17, 15) is 0 Å². The summed E-state index contributed by atoms with van der Waals surface area (Å²) in [5.41, 5.74) is 2.48. The molecular weight excluding hydrogens is 418 g/mol. The first-order valence-corrected chi connectivity index (χ1v) is 13.0. The maximum Gasteiger partial charge on any atom is 0.138 e. The molecular formula is C26H33N3S2. The van der Waals surface area contributed by atoms with Crippen LogP contribution in [0.25, 0.3) is 10.2 Å². The molecule has 5 heteroatoms. The maximum atomic E-state index is 8.57. The molecule has 3 nitrogen and oxygen atoms in total. The van der Waals surface area contributed by atoms with Gasteiger partial charge in [0.05, 0.1) is 15.2 Å². The second-order valence-electron chi connectivity index (χ2n) is 8.32. The summed E-state index contributed by atoms with van der Waals surface area (Å²) in [6.07, 6.45) is 5.43. The van der Waals surface area contributed by atoms with Crippen LogP contribution in [0.3, 0.4) is 0 Å². The van der Waals surface area contributed by atoms with E-state index in [1.807, 2.05) is 25.1 Å². The van der Waals surface area contributed by atoms with Crippen molar-refractivity contribution in [2.24, 2.45) is 11.8 Å². The summed E-state index contributed by atoms with van der Waals surface area (Å²) in [5.74, 6) is 1.94. The average molecular weight is 452 g/mol. The van der Waals surface area contributed by atoms with Gasteiger partial charge in [-0.05, 0) is 80.6 Å². The number of benzene rings is 2. The Bertz CT molecular complexity index is 969. The van der Waals surface area contributed by atoms with Crippen LogP contribution in [0.15, 0.2) is 53.4 Å². The molecule has 3 aromatic rings. The van der Waals surface area contributed by atoms with Crippen molar-refractivity contribution >= 4 is 33.3 Å². The van der Waals surface area contributed by atoms with Crippen LogP contribution >= 0.6 is 23.1 Å². The third-order valence-electron chi connectivity index (χ3n) is 5.78. The van der Waals surface area contributed by atoms with E-state index in [2.05, 4.69) is 59.5 Å². The fourth-order valence-corrected chi connectivity index (χ4v) is 5.82. The zero-order valence-corrected chi connectivity index (χ0v) is 20.5. The lowest BCUT2D eigenvalue weighted by Gasteiger charge is -2.45. The molecule has 1 aromatic heterocycles. The van der Waals surface area contributed by atoms with Gasteiger partial charge >= 0.3 is 0 Å². The molecule has 3 fully saturated rings. The van der Waals surface area contributed by atoms with Gasteiger partial charge in [-0.25, -0.2) is 4.98 Å². The van der Waals surface area contributed by atoms with Gasteiger partial charge in [0.15, 0.2) is 0 Å². The number of thiazole rings is 1. The van der Waals surface area contributed by atoms with Gasteiger partial charge in [-0.3, -0.25) is 0 Å². The van der Waals surface area contributed by atoms with Crippen molar-refractivity contribution in [3.63, 3.8) is 0 Å². The highest BCUT2D eigenvalue weighted by Crippen LogP contribution is 2.34. The predicted molar refractivity (Wildman–Crippen MR) is 135 cm³/mol. The van der Waals surface area contributed by atoms with Gasteiger partial charge in [-0.2, -0.15) is 5.26 Å². The molecule has 3 aliphatic heterocycles. The molecule has 6 rings (SSSR count). The molecule has 0 unspecified atom stereocenters. The fraction of sp³-hybridized carbons (Fsp3) is 0.462. The van der Waals surface area contributed by atoms with Crippen LogP contribution in [-0.4, -0.2) is 29.5 Å². The first-order chi connectivity index (χ1) is 15.1. The second kappa shape index (κ2) is 12.2. The summed E-state index contributed by atoms with van der Waals surface area (Å²) in [5, 5.41) is 11.7. The van der Waals surface area contributed by atoms with E-state index in [0.29, 0.717) is 0 Å². The van der Waals surface area contributed by atoms with Crippen molar-refractivity contribution in [2.75, 3.05) is 19.6 Å². The minimum atomic E-state index is 0.926. The van der Waals surface area contributed by atoms with E-state index in [0.717, 1.165) is 32.0 Å². The zero-order chi connectivity index (χ0) is 22.1. The Balaban J connectivity index is 0.000000158. The number of thioether (sulfide) groups is 1. The number of nitrogens with zero attached hydrogens (tertiary/aromatic N) is 3. The summed E-state index contributed by atoms with van der Waals surface area (Å²) in [4.78, 5) is 7.97. The molecule has 0 radical (unpaired) electrons. The number of piperidine rings is 3. The lowest BCUT2D eigenvalue weighted by Crippen LogP contribution is -2.48. The maximum absolute atomic E-state index is 8.57. The molecule has 0 N–H and O–H groups in total. The van der Waals surface area contributed by atoms with Crippen LogP contribution in [-0.2, 0) is 6.42 Å². The summed E-state index contributed by atoms with van der Waals surface area (Å²) >= 11 is 2.83. The molecule has 31 heavy (non-hydrogen) atoms. The average Bonchev–Trinajstić information content (AvgIpc) is 3.18. The normalized spacial score (nSPS) is 21.4.